The number of hydrogen-bond acceptors (Lipinski definition) is 6. The van der Waals surface area contributed by atoms with Crippen molar-refractivity contribution in [2.24, 2.45) is 0 Å². The zero-order valence-electron chi connectivity index (χ0n) is 38.6. The van der Waals surface area contributed by atoms with Crippen LogP contribution < -0.4 is 0 Å². The molecule has 0 saturated carbocycles. The predicted molar refractivity (Wildman–Crippen MR) is 252 cm³/mol. The predicted octanol–water partition coefficient (Wildman–Crippen LogP) is 13.1. The second-order valence-electron chi connectivity index (χ2n) is 16.2. The number of carbonyl (C=O) groups is 3. The lowest BCUT2D eigenvalue weighted by Crippen LogP contribution is -2.50. The van der Waals surface area contributed by atoms with Crippen molar-refractivity contribution in [2.45, 2.75) is 174 Å². The summed E-state index contributed by atoms with van der Waals surface area (Å²) >= 11 is 0. The first-order chi connectivity index (χ1) is 29.1. The van der Waals surface area contributed by atoms with Gasteiger partial charge in [-0.3, -0.25) is 9.59 Å². The molecule has 0 aromatic heterocycles. The Bertz CT molecular complexity index is 1300. The van der Waals surface area contributed by atoms with Gasteiger partial charge in [0.05, 0.1) is 34.4 Å². The van der Waals surface area contributed by atoms with E-state index in [0.29, 0.717) is 19.3 Å². The minimum atomic E-state index is -0.890. The molecule has 0 heterocycles. The molecule has 0 aromatic carbocycles. The highest BCUT2D eigenvalue weighted by atomic mass is 16.6. The van der Waals surface area contributed by atoms with E-state index >= 15 is 0 Å². The van der Waals surface area contributed by atoms with Gasteiger partial charge in [-0.2, -0.15) is 0 Å². The van der Waals surface area contributed by atoms with Crippen molar-refractivity contribution in [3.63, 3.8) is 0 Å². The molecule has 0 aliphatic heterocycles. The van der Waals surface area contributed by atoms with Crippen LogP contribution in [0.25, 0.3) is 0 Å². The molecule has 60 heavy (non-hydrogen) atoms. The van der Waals surface area contributed by atoms with Crippen LogP contribution in [0.3, 0.4) is 0 Å². The molecular formula is C52H86NO7+. The molecule has 0 aliphatic carbocycles. The lowest BCUT2D eigenvalue weighted by molar-refractivity contribution is -0.887. The van der Waals surface area contributed by atoms with Crippen molar-refractivity contribution in [2.75, 3.05) is 41.0 Å². The van der Waals surface area contributed by atoms with E-state index in [1.165, 1.54) is 51.4 Å². The third kappa shape index (κ3) is 39.7. The summed E-state index contributed by atoms with van der Waals surface area (Å²) in [5, 5.41) is 9.63. The maximum Gasteiger partial charge on any atom is 0.362 e. The molecule has 2 atom stereocenters. The summed E-state index contributed by atoms with van der Waals surface area (Å²) in [4.78, 5) is 37.0. The lowest BCUT2D eigenvalue weighted by Gasteiger charge is -2.31. The van der Waals surface area contributed by atoms with Crippen molar-refractivity contribution in [3.8, 4) is 0 Å². The highest BCUT2D eigenvalue weighted by Gasteiger charge is 2.31. The number of ether oxygens (including phenoxy) is 3. The number of carboxylic acids is 1. The van der Waals surface area contributed by atoms with Crippen LogP contribution in [-0.4, -0.2) is 80.6 Å². The largest absolute Gasteiger partial charge is 0.477 e. The molecule has 0 saturated heterocycles. The zero-order chi connectivity index (χ0) is 44.2. The molecule has 8 nitrogen and oxygen atoms in total. The Labute approximate surface area is 366 Å². The molecule has 340 valence electrons. The first-order valence-corrected chi connectivity index (χ1v) is 23.3. The Hall–Kier alpha value is -3.75. The van der Waals surface area contributed by atoms with Gasteiger partial charge < -0.3 is 23.8 Å². The van der Waals surface area contributed by atoms with E-state index in [1.807, 2.05) is 33.3 Å². The van der Waals surface area contributed by atoms with Crippen molar-refractivity contribution >= 4 is 17.9 Å². The van der Waals surface area contributed by atoms with Gasteiger partial charge in [-0.15, -0.1) is 0 Å². The average Bonchev–Trinajstić information content (AvgIpc) is 3.21. The van der Waals surface area contributed by atoms with Crippen LogP contribution in [0.5, 0.6) is 0 Å². The second kappa shape index (κ2) is 42.0. The Balaban J connectivity index is 4.40. The van der Waals surface area contributed by atoms with E-state index in [0.717, 1.165) is 70.6 Å². The molecule has 0 rings (SSSR count). The quantitative estimate of drug-likeness (QED) is 0.0284. The summed E-state index contributed by atoms with van der Waals surface area (Å²) in [5.41, 5.74) is 0. The van der Waals surface area contributed by atoms with E-state index in [9.17, 15) is 19.5 Å². The maximum atomic E-state index is 12.7. The number of unbranched alkanes of at least 4 members (excludes halogenated alkanes) is 10. The van der Waals surface area contributed by atoms with Crippen LogP contribution in [0.2, 0.25) is 0 Å². The van der Waals surface area contributed by atoms with Crippen LogP contribution in [0.15, 0.2) is 97.2 Å². The fraction of sp³-hybridized carbons (Fsp3) is 0.635. The number of likely N-dealkylation sites (N-methyl/N-ethyl adjacent to an activating group) is 1. The third-order valence-corrected chi connectivity index (χ3v) is 9.74. The molecular weight excluding hydrogens is 751 g/mol. The molecule has 2 unspecified atom stereocenters. The van der Waals surface area contributed by atoms with Crippen LogP contribution >= 0.6 is 0 Å². The van der Waals surface area contributed by atoms with E-state index in [2.05, 4.69) is 98.9 Å². The summed E-state index contributed by atoms with van der Waals surface area (Å²) in [5.74, 6) is -1.59. The summed E-state index contributed by atoms with van der Waals surface area (Å²) in [6.07, 6.45) is 56.1. The minimum Gasteiger partial charge on any atom is -0.477 e. The second-order valence-corrected chi connectivity index (χ2v) is 16.2. The summed E-state index contributed by atoms with van der Waals surface area (Å²) < 4.78 is 17.2. The summed E-state index contributed by atoms with van der Waals surface area (Å²) in [6.45, 7) is 4.41. The van der Waals surface area contributed by atoms with Gasteiger partial charge in [0.1, 0.15) is 6.61 Å². The van der Waals surface area contributed by atoms with E-state index < -0.39 is 24.1 Å². The molecule has 0 fully saturated rings. The van der Waals surface area contributed by atoms with E-state index in [1.54, 1.807) is 0 Å². The Morgan fingerprint density at radius 2 is 0.917 bits per heavy atom. The number of carboxylic acid groups (broad SMARTS) is 1. The number of rotatable bonds is 40. The maximum absolute atomic E-state index is 12.7. The van der Waals surface area contributed by atoms with Gasteiger partial charge in [0.25, 0.3) is 0 Å². The fourth-order valence-electron chi connectivity index (χ4n) is 6.21. The van der Waals surface area contributed by atoms with Crippen LogP contribution in [-0.2, 0) is 28.6 Å². The molecule has 8 heteroatoms. The van der Waals surface area contributed by atoms with Crippen LogP contribution in [0, 0.1) is 0 Å². The molecule has 0 radical (unpaired) electrons. The Kier molecular flexibility index (Phi) is 39.3. The van der Waals surface area contributed by atoms with Gasteiger partial charge >= 0.3 is 17.9 Å². The van der Waals surface area contributed by atoms with Crippen LogP contribution in [0.4, 0.5) is 0 Å². The number of allylic oxidation sites excluding steroid dienone is 16. The first kappa shape index (κ1) is 56.2. The van der Waals surface area contributed by atoms with E-state index in [4.69, 9.17) is 14.2 Å². The first-order valence-electron chi connectivity index (χ1n) is 23.3. The highest BCUT2D eigenvalue weighted by Crippen LogP contribution is 2.14. The molecule has 0 aliphatic rings. The van der Waals surface area contributed by atoms with Crippen molar-refractivity contribution in [3.05, 3.63) is 97.2 Å². The summed E-state index contributed by atoms with van der Waals surface area (Å²) in [6, 6.07) is -0.633. The van der Waals surface area contributed by atoms with Gasteiger partial charge in [-0.1, -0.05) is 162 Å². The number of nitrogens with zero attached hydrogens (tertiary/aromatic N) is 1. The van der Waals surface area contributed by atoms with Crippen LogP contribution in [0.1, 0.15) is 162 Å². The third-order valence-electron chi connectivity index (χ3n) is 9.74. The zero-order valence-corrected chi connectivity index (χ0v) is 38.6. The van der Waals surface area contributed by atoms with Gasteiger partial charge in [0.15, 0.2) is 12.1 Å². The van der Waals surface area contributed by atoms with Crippen molar-refractivity contribution < 1.29 is 38.2 Å². The van der Waals surface area contributed by atoms with Crippen molar-refractivity contribution in [1.29, 1.82) is 0 Å². The number of quaternary nitrogens is 1. The van der Waals surface area contributed by atoms with Gasteiger partial charge in [0.2, 0.25) is 0 Å². The monoisotopic (exact) mass is 837 g/mol. The number of carbonyl (C=O) groups excluding carboxylic acids is 2. The molecule has 0 spiro atoms. The summed E-state index contributed by atoms with van der Waals surface area (Å²) in [7, 11) is 5.49. The Morgan fingerprint density at radius 3 is 1.37 bits per heavy atom. The standard InChI is InChI=1S/C52H85NO7/c1-6-8-10-12-14-16-18-20-22-24-25-26-27-29-30-32-34-36-38-40-42-50(54)59-47-48(46-58-45-44-49(52(56)57)53(3,4)5)60-51(55)43-41-39-37-35-33-31-28-23-21-19-17-15-13-11-9-7-2/h8-11,14-17,20-23,31,33,37,39,48-49H,6-7,12-13,18-19,24-30,32,34-36,38,40-47H2,1-5H3/p+1/b10-8+,11-9+,16-14+,17-15+,22-20+,23-21+,33-31+,39-37+. The molecule has 1 N–H and O–H groups in total. The highest BCUT2D eigenvalue weighted by molar-refractivity contribution is 5.72. The average molecular weight is 837 g/mol. The number of esters is 2. The smallest absolute Gasteiger partial charge is 0.362 e. The SMILES string of the molecule is CC/C=C/C/C=C/C/C=C/C/C=C/C/C=C/CCC(=O)OC(COCCC(C(=O)O)[N+](C)(C)C)COC(=O)CCCCCCCCCCCC/C=C/C/C=C/C/C=C/CC. The van der Waals surface area contributed by atoms with Crippen molar-refractivity contribution in [1.82, 2.24) is 0 Å². The topological polar surface area (TPSA) is 99.1 Å². The number of aliphatic carboxylic acids is 1. The lowest BCUT2D eigenvalue weighted by atomic mass is 10.1. The van der Waals surface area contributed by atoms with Gasteiger partial charge in [-0.25, -0.2) is 4.79 Å². The molecule has 0 aromatic rings. The van der Waals surface area contributed by atoms with E-state index in [-0.39, 0.29) is 36.7 Å². The number of hydrogen-bond donors (Lipinski definition) is 1. The molecule has 0 amide bonds. The molecule has 0 bridgehead atoms. The normalized spacial score (nSPS) is 13.8. The minimum absolute atomic E-state index is 0.0245. The Morgan fingerprint density at radius 1 is 0.500 bits per heavy atom. The van der Waals surface area contributed by atoms with Gasteiger partial charge in [0, 0.05) is 19.3 Å². The van der Waals surface area contributed by atoms with Gasteiger partial charge in [-0.05, 0) is 77.0 Å². The fourth-order valence-corrected chi connectivity index (χ4v) is 6.21.